The van der Waals surface area contributed by atoms with Gasteiger partial charge in [0.1, 0.15) is 11.6 Å². The van der Waals surface area contributed by atoms with Gasteiger partial charge in [0.15, 0.2) is 0 Å². The first kappa shape index (κ1) is 12.2. The summed E-state index contributed by atoms with van der Waals surface area (Å²) in [4.78, 5) is 15.2. The van der Waals surface area contributed by atoms with E-state index in [9.17, 15) is 13.6 Å². The van der Waals surface area contributed by atoms with Gasteiger partial charge in [-0.25, -0.2) is 8.78 Å². The van der Waals surface area contributed by atoms with Gasteiger partial charge in [-0.3, -0.25) is 9.78 Å². The van der Waals surface area contributed by atoms with Crippen molar-refractivity contribution < 1.29 is 13.6 Å². The second-order valence-corrected chi connectivity index (χ2v) is 3.61. The van der Waals surface area contributed by atoms with Crippen molar-refractivity contribution >= 4 is 5.91 Å². The minimum atomic E-state index is -0.685. The lowest BCUT2D eigenvalue weighted by molar-refractivity contribution is 0.0963. The summed E-state index contributed by atoms with van der Waals surface area (Å²) in [5, 5.41) is 2.44. The molecule has 2 rings (SSSR count). The molecule has 0 unspecified atom stereocenters. The predicted octanol–water partition coefficient (Wildman–Crippen LogP) is 2.39. The number of amides is 1. The Morgan fingerprint density at radius 1 is 1.17 bits per heavy atom. The molecule has 0 fully saturated rings. The molecule has 0 radical (unpaired) electrons. The first-order valence-electron chi connectivity index (χ1n) is 5.26. The van der Waals surface area contributed by atoms with Crippen LogP contribution in [0.25, 0.3) is 11.3 Å². The Morgan fingerprint density at radius 2 is 1.83 bits per heavy atom. The fourth-order valence-electron chi connectivity index (χ4n) is 1.56. The van der Waals surface area contributed by atoms with Crippen molar-refractivity contribution in [2.75, 3.05) is 7.05 Å². The van der Waals surface area contributed by atoms with E-state index in [0.717, 1.165) is 12.1 Å². The van der Waals surface area contributed by atoms with Crippen LogP contribution >= 0.6 is 0 Å². The van der Waals surface area contributed by atoms with E-state index in [2.05, 4.69) is 10.3 Å². The number of hydrogen-bond donors (Lipinski definition) is 1. The summed E-state index contributed by atoms with van der Waals surface area (Å²) in [6.45, 7) is 0. The molecule has 0 aliphatic carbocycles. The lowest BCUT2D eigenvalue weighted by Crippen LogP contribution is -2.17. The van der Waals surface area contributed by atoms with Gasteiger partial charge in [0.25, 0.3) is 5.91 Å². The molecule has 0 bridgehead atoms. The first-order valence-corrected chi connectivity index (χ1v) is 5.26. The highest BCUT2D eigenvalue weighted by molar-refractivity contribution is 5.93. The number of nitrogens with zero attached hydrogens (tertiary/aromatic N) is 1. The fraction of sp³-hybridized carbons (Fsp3) is 0.0769. The van der Waals surface area contributed by atoms with Crippen molar-refractivity contribution in [3.05, 3.63) is 53.7 Å². The average molecular weight is 248 g/mol. The van der Waals surface area contributed by atoms with Crippen LogP contribution in [-0.2, 0) is 0 Å². The van der Waals surface area contributed by atoms with Crippen LogP contribution < -0.4 is 5.32 Å². The maximum absolute atomic E-state index is 13.5. The van der Waals surface area contributed by atoms with Crippen LogP contribution in [0.4, 0.5) is 8.78 Å². The summed E-state index contributed by atoms with van der Waals surface area (Å²) in [7, 11) is 1.49. The normalized spacial score (nSPS) is 10.2. The van der Waals surface area contributed by atoms with E-state index >= 15 is 0 Å². The lowest BCUT2D eigenvalue weighted by atomic mass is 10.1. The van der Waals surface area contributed by atoms with Gasteiger partial charge in [-0.2, -0.15) is 0 Å². The van der Waals surface area contributed by atoms with E-state index < -0.39 is 11.6 Å². The number of halogens is 2. The van der Waals surface area contributed by atoms with Crippen LogP contribution in [0.5, 0.6) is 0 Å². The second-order valence-electron chi connectivity index (χ2n) is 3.61. The summed E-state index contributed by atoms with van der Waals surface area (Å²) >= 11 is 0. The van der Waals surface area contributed by atoms with Crippen molar-refractivity contribution in [1.82, 2.24) is 10.3 Å². The van der Waals surface area contributed by atoms with Gasteiger partial charge in [-0.1, -0.05) is 6.07 Å². The van der Waals surface area contributed by atoms with Gasteiger partial charge in [0, 0.05) is 13.2 Å². The lowest BCUT2D eigenvalue weighted by Gasteiger charge is -2.05. The molecule has 18 heavy (non-hydrogen) atoms. The van der Waals surface area contributed by atoms with E-state index in [1.54, 1.807) is 0 Å². The van der Waals surface area contributed by atoms with Crippen molar-refractivity contribution in [2.45, 2.75) is 0 Å². The Hall–Kier alpha value is -2.30. The number of hydrogen-bond acceptors (Lipinski definition) is 2. The fourth-order valence-corrected chi connectivity index (χ4v) is 1.56. The van der Waals surface area contributed by atoms with Gasteiger partial charge in [0.05, 0.1) is 16.8 Å². The molecular formula is C13H10F2N2O. The van der Waals surface area contributed by atoms with Crippen LogP contribution in [0, 0.1) is 11.6 Å². The third-order valence-electron chi connectivity index (χ3n) is 2.47. The topological polar surface area (TPSA) is 42.0 Å². The van der Waals surface area contributed by atoms with Crippen LogP contribution in [0.1, 0.15) is 10.4 Å². The molecule has 0 aliphatic heterocycles. The van der Waals surface area contributed by atoms with Crippen LogP contribution in [0.3, 0.4) is 0 Å². The highest BCUT2D eigenvalue weighted by Crippen LogP contribution is 2.23. The summed E-state index contributed by atoms with van der Waals surface area (Å²) in [5.74, 6) is -1.67. The number of benzene rings is 1. The Labute approximate surface area is 102 Å². The van der Waals surface area contributed by atoms with Crippen molar-refractivity contribution in [2.24, 2.45) is 0 Å². The monoisotopic (exact) mass is 248 g/mol. The molecule has 0 atom stereocenters. The number of aromatic nitrogens is 1. The molecule has 0 saturated carbocycles. The third-order valence-corrected chi connectivity index (χ3v) is 2.47. The number of pyridine rings is 1. The third kappa shape index (κ3) is 2.20. The molecule has 1 heterocycles. The van der Waals surface area contributed by atoms with Crippen LogP contribution in [0.15, 0.2) is 36.5 Å². The van der Waals surface area contributed by atoms with Gasteiger partial charge < -0.3 is 5.32 Å². The number of nitrogens with one attached hydrogen (secondary N) is 1. The number of carbonyl (C=O) groups is 1. The van der Waals surface area contributed by atoms with E-state index in [1.807, 2.05) is 0 Å². The largest absolute Gasteiger partial charge is 0.355 e. The molecule has 1 aromatic heterocycles. The van der Waals surface area contributed by atoms with Crippen molar-refractivity contribution in [1.29, 1.82) is 0 Å². The SMILES string of the molecule is CNC(=O)c1ccc(-c2c(F)cccc2F)nc1. The molecule has 2 aromatic rings. The number of rotatable bonds is 2. The molecule has 1 aromatic carbocycles. The molecule has 5 heteroatoms. The van der Waals surface area contributed by atoms with Crippen molar-refractivity contribution in [3.8, 4) is 11.3 Å². The van der Waals surface area contributed by atoms with E-state index in [-0.39, 0.29) is 17.2 Å². The maximum Gasteiger partial charge on any atom is 0.252 e. The predicted molar refractivity (Wildman–Crippen MR) is 63.0 cm³/mol. The Kier molecular flexibility index (Phi) is 3.32. The molecule has 92 valence electrons. The Balaban J connectivity index is 2.44. The number of carbonyl (C=O) groups excluding carboxylic acids is 1. The molecular weight excluding hydrogens is 238 g/mol. The van der Waals surface area contributed by atoms with E-state index in [0.29, 0.717) is 5.56 Å². The van der Waals surface area contributed by atoms with Crippen LogP contribution in [-0.4, -0.2) is 17.9 Å². The Bertz CT molecular complexity index is 562. The standard InChI is InChI=1S/C13H10F2N2O/c1-16-13(18)8-5-6-11(17-7-8)12-9(14)3-2-4-10(12)15/h2-7H,1H3,(H,16,18). The zero-order chi connectivity index (χ0) is 13.1. The van der Waals surface area contributed by atoms with Crippen LogP contribution in [0.2, 0.25) is 0 Å². The quantitative estimate of drug-likeness (QED) is 0.886. The maximum atomic E-state index is 13.5. The second kappa shape index (κ2) is 4.91. The summed E-state index contributed by atoms with van der Waals surface area (Å²) in [5.41, 5.74) is 0.289. The minimum absolute atomic E-state index is 0.151. The molecule has 1 N–H and O–H groups in total. The van der Waals surface area contributed by atoms with Gasteiger partial charge in [-0.05, 0) is 24.3 Å². The zero-order valence-electron chi connectivity index (χ0n) is 9.58. The van der Waals surface area contributed by atoms with E-state index in [1.165, 1.54) is 31.4 Å². The molecule has 3 nitrogen and oxygen atoms in total. The summed E-state index contributed by atoms with van der Waals surface area (Å²) in [6, 6.07) is 6.48. The smallest absolute Gasteiger partial charge is 0.252 e. The zero-order valence-corrected chi connectivity index (χ0v) is 9.58. The Morgan fingerprint density at radius 3 is 2.33 bits per heavy atom. The minimum Gasteiger partial charge on any atom is -0.355 e. The van der Waals surface area contributed by atoms with Gasteiger partial charge >= 0.3 is 0 Å². The highest BCUT2D eigenvalue weighted by Gasteiger charge is 2.12. The highest BCUT2D eigenvalue weighted by atomic mass is 19.1. The first-order chi connectivity index (χ1) is 8.63. The summed E-state index contributed by atoms with van der Waals surface area (Å²) < 4.78 is 27.0. The molecule has 0 spiro atoms. The van der Waals surface area contributed by atoms with Gasteiger partial charge in [0.2, 0.25) is 0 Å². The molecule has 0 saturated heterocycles. The van der Waals surface area contributed by atoms with E-state index in [4.69, 9.17) is 0 Å². The molecule has 1 amide bonds. The average Bonchev–Trinajstić information content (AvgIpc) is 2.38. The van der Waals surface area contributed by atoms with Crippen molar-refractivity contribution in [3.63, 3.8) is 0 Å². The summed E-state index contributed by atoms with van der Waals surface area (Å²) in [6.07, 6.45) is 1.28. The molecule has 0 aliphatic rings. The van der Waals surface area contributed by atoms with Gasteiger partial charge in [-0.15, -0.1) is 0 Å².